The van der Waals surface area contributed by atoms with Gasteiger partial charge < -0.3 is 24.6 Å². The van der Waals surface area contributed by atoms with Crippen molar-refractivity contribution in [2.24, 2.45) is 17.3 Å². The smallest absolute Gasteiger partial charge is 0.267 e. The van der Waals surface area contributed by atoms with Crippen LogP contribution in [0.3, 0.4) is 0 Å². The van der Waals surface area contributed by atoms with Crippen LogP contribution in [0.4, 0.5) is 8.78 Å². The standard InChI is InChI=1S/C41H47ClF2N6O8S/c1-6-23-20-41(23,38(54)48-59(55,56)25-10-11-25)47-36(52)30-17-24(21-50(30)37(53)27(39(2,3)4)18-33(51)49-16-14-40(43,44)22-49)58-32-19-29(28-9-7-8-15-45-28)46-35-26(32)12-13-31(57-5)34(35)42/h6-9,12-13,15,19,23-25,27,30H,1,10-11,14,16-18,20-22H2,2-5H3,(H,47,52)(H,48,54)/t23?,24-,27?,30+,41-/m1/s1. The maximum Gasteiger partial charge on any atom is 0.267 e. The Labute approximate surface area is 346 Å². The molecule has 2 saturated carbocycles. The number of carbonyl (C=O) groups excluding carboxylic acids is 4. The normalized spacial score (nSPS) is 24.4. The van der Waals surface area contributed by atoms with Crippen molar-refractivity contribution < 1.29 is 45.9 Å². The highest BCUT2D eigenvalue weighted by molar-refractivity contribution is 7.91. The number of amides is 4. The van der Waals surface area contributed by atoms with Gasteiger partial charge in [-0.1, -0.05) is 44.5 Å². The van der Waals surface area contributed by atoms with Crippen LogP contribution in [-0.2, 0) is 29.2 Å². The molecule has 4 heterocycles. The predicted octanol–water partition coefficient (Wildman–Crippen LogP) is 4.90. The summed E-state index contributed by atoms with van der Waals surface area (Å²) in [7, 11) is -2.49. The van der Waals surface area contributed by atoms with E-state index >= 15 is 0 Å². The second-order valence-electron chi connectivity index (χ2n) is 16.9. The zero-order valence-corrected chi connectivity index (χ0v) is 34.7. The lowest BCUT2D eigenvalue weighted by atomic mass is 9.77. The molecule has 5 atom stereocenters. The summed E-state index contributed by atoms with van der Waals surface area (Å²) in [6, 6.07) is 9.10. The molecule has 18 heteroatoms. The average molecular weight is 857 g/mol. The van der Waals surface area contributed by atoms with Gasteiger partial charge in [0.25, 0.3) is 11.8 Å². The van der Waals surface area contributed by atoms with Crippen LogP contribution < -0.4 is 19.5 Å². The lowest BCUT2D eigenvalue weighted by Gasteiger charge is -2.35. The number of pyridine rings is 2. The molecule has 4 amide bonds. The number of ether oxygens (including phenoxy) is 2. The van der Waals surface area contributed by atoms with Gasteiger partial charge in [0.2, 0.25) is 27.7 Å². The summed E-state index contributed by atoms with van der Waals surface area (Å²) >= 11 is 6.76. The number of fused-ring (bicyclic) bond motifs is 1. The predicted molar refractivity (Wildman–Crippen MR) is 214 cm³/mol. The Morgan fingerprint density at radius 1 is 1.12 bits per heavy atom. The highest BCUT2D eigenvalue weighted by Crippen LogP contribution is 2.46. The SMILES string of the molecule is C=CC1C[C@]1(NC(=O)[C@@H]1C[C@@H](Oc2cc(-c3ccccn3)nc3c(Cl)c(OC)ccc23)CN1C(=O)C(CC(=O)N1CCC(F)(F)C1)C(C)(C)C)C(=O)NS(=O)(=O)C1CC1. The van der Waals surface area contributed by atoms with Crippen LogP contribution in [0.25, 0.3) is 22.3 Å². The first-order valence-corrected chi connectivity index (χ1v) is 21.4. The Morgan fingerprint density at radius 2 is 1.86 bits per heavy atom. The Balaban J connectivity index is 1.23. The summed E-state index contributed by atoms with van der Waals surface area (Å²) < 4.78 is 68.1. The number of nitrogens with one attached hydrogen (secondary N) is 2. The molecule has 2 unspecified atom stereocenters. The first kappa shape index (κ1) is 42.2. The van der Waals surface area contributed by atoms with Crippen LogP contribution in [-0.4, -0.2) is 107 Å². The van der Waals surface area contributed by atoms with Crippen LogP contribution in [0.1, 0.15) is 59.3 Å². The van der Waals surface area contributed by atoms with E-state index in [1.165, 1.54) is 18.1 Å². The van der Waals surface area contributed by atoms with Crippen molar-refractivity contribution in [3.63, 3.8) is 0 Å². The first-order valence-electron chi connectivity index (χ1n) is 19.5. The van der Waals surface area contributed by atoms with E-state index in [0.29, 0.717) is 46.6 Å². The van der Waals surface area contributed by atoms with E-state index in [-0.39, 0.29) is 37.4 Å². The maximum absolute atomic E-state index is 14.8. The number of nitrogens with zero attached hydrogens (tertiary/aromatic N) is 4. The van der Waals surface area contributed by atoms with Gasteiger partial charge in [0.05, 0.1) is 48.3 Å². The van der Waals surface area contributed by atoms with Crippen LogP contribution in [0.15, 0.2) is 55.3 Å². The molecule has 2 saturated heterocycles. The van der Waals surface area contributed by atoms with Gasteiger partial charge >= 0.3 is 0 Å². The molecule has 316 valence electrons. The third kappa shape index (κ3) is 8.58. The van der Waals surface area contributed by atoms with E-state index in [1.54, 1.807) is 63.4 Å². The summed E-state index contributed by atoms with van der Waals surface area (Å²) in [5, 5.41) is 2.80. The Kier molecular flexibility index (Phi) is 11.2. The van der Waals surface area contributed by atoms with E-state index in [9.17, 15) is 36.4 Å². The number of aromatic nitrogens is 2. The molecular formula is C41H47ClF2N6O8S. The molecule has 2 aromatic heterocycles. The van der Waals surface area contributed by atoms with Gasteiger partial charge in [-0.2, -0.15) is 0 Å². The number of methoxy groups -OCH3 is 1. The van der Waals surface area contributed by atoms with Crippen molar-refractivity contribution in [3.05, 3.63) is 60.3 Å². The van der Waals surface area contributed by atoms with Gasteiger partial charge in [0, 0.05) is 49.4 Å². The van der Waals surface area contributed by atoms with E-state index in [4.69, 9.17) is 26.1 Å². The number of rotatable bonds is 13. The van der Waals surface area contributed by atoms with E-state index in [2.05, 4.69) is 21.6 Å². The lowest BCUT2D eigenvalue weighted by Crippen LogP contribution is -2.57. The fourth-order valence-corrected chi connectivity index (χ4v) is 9.55. The number of sulfonamides is 1. The fourth-order valence-electron chi connectivity index (χ4n) is 7.90. The summed E-state index contributed by atoms with van der Waals surface area (Å²) in [6.07, 6.45) is 2.19. The van der Waals surface area contributed by atoms with Crippen molar-refractivity contribution in [1.82, 2.24) is 29.8 Å². The Bertz CT molecular complexity index is 2310. The van der Waals surface area contributed by atoms with Crippen molar-refractivity contribution in [3.8, 4) is 22.9 Å². The van der Waals surface area contributed by atoms with Gasteiger partial charge in [-0.3, -0.25) is 28.9 Å². The van der Waals surface area contributed by atoms with Gasteiger partial charge in [-0.15, -0.1) is 6.58 Å². The van der Waals surface area contributed by atoms with E-state index in [1.807, 2.05) is 0 Å². The van der Waals surface area contributed by atoms with Crippen molar-refractivity contribution >= 4 is 56.2 Å². The van der Waals surface area contributed by atoms with Gasteiger partial charge in [0.15, 0.2) is 0 Å². The van der Waals surface area contributed by atoms with Crippen LogP contribution >= 0.6 is 11.6 Å². The van der Waals surface area contributed by atoms with Crippen molar-refractivity contribution in [2.45, 2.75) is 88.2 Å². The third-order valence-electron chi connectivity index (χ3n) is 11.6. The van der Waals surface area contributed by atoms with Crippen molar-refractivity contribution in [1.29, 1.82) is 0 Å². The summed E-state index contributed by atoms with van der Waals surface area (Å²) in [6.45, 7) is 7.97. The molecule has 14 nitrogen and oxygen atoms in total. The molecule has 2 aliphatic carbocycles. The minimum absolute atomic E-state index is 0.0792. The fraction of sp³-hybridized carbons (Fsp3) is 0.512. The lowest BCUT2D eigenvalue weighted by molar-refractivity contribution is -0.148. The average Bonchev–Trinajstić information content (AvgIpc) is 4.09. The monoisotopic (exact) mass is 856 g/mol. The Morgan fingerprint density at radius 3 is 2.46 bits per heavy atom. The number of hydrogen-bond donors (Lipinski definition) is 2. The molecule has 2 aliphatic heterocycles. The largest absolute Gasteiger partial charge is 0.495 e. The van der Waals surface area contributed by atoms with Crippen LogP contribution in [0.2, 0.25) is 5.02 Å². The topological polar surface area (TPSA) is 177 Å². The van der Waals surface area contributed by atoms with E-state index < -0.39 is 92.7 Å². The molecular weight excluding hydrogens is 810 g/mol. The summed E-state index contributed by atoms with van der Waals surface area (Å²) in [5.74, 6) is -6.84. The summed E-state index contributed by atoms with van der Waals surface area (Å²) in [4.78, 5) is 67.9. The van der Waals surface area contributed by atoms with Crippen LogP contribution in [0.5, 0.6) is 11.5 Å². The number of alkyl halides is 2. The number of benzene rings is 1. The Hall–Kier alpha value is -4.90. The second kappa shape index (κ2) is 15.6. The quantitative estimate of drug-likeness (QED) is 0.225. The van der Waals surface area contributed by atoms with E-state index in [0.717, 1.165) is 4.90 Å². The minimum Gasteiger partial charge on any atom is -0.495 e. The molecule has 3 aromatic rings. The van der Waals surface area contributed by atoms with Gasteiger partial charge in [0.1, 0.15) is 34.2 Å². The van der Waals surface area contributed by atoms with Crippen LogP contribution in [0, 0.1) is 17.3 Å². The molecule has 4 aliphatic rings. The molecule has 0 radical (unpaired) electrons. The first-order chi connectivity index (χ1) is 27.8. The van der Waals surface area contributed by atoms with Crippen molar-refractivity contribution in [2.75, 3.05) is 26.7 Å². The number of carbonyl (C=O) groups is 4. The number of hydrogen-bond acceptors (Lipinski definition) is 10. The minimum atomic E-state index is -3.97. The molecule has 1 aromatic carbocycles. The molecule has 2 N–H and O–H groups in total. The third-order valence-corrected chi connectivity index (χ3v) is 13.8. The summed E-state index contributed by atoms with van der Waals surface area (Å²) in [5.41, 5.74) is -1.22. The zero-order valence-electron chi connectivity index (χ0n) is 33.2. The zero-order chi connectivity index (χ0) is 42.7. The highest BCUT2D eigenvalue weighted by atomic mass is 35.5. The number of halogens is 3. The van der Waals surface area contributed by atoms with Gasteiger partial charge in [-0.05, 0) is 48.9 Å². The molecule has 4 fully saturated rings. The maximum atomic E-state index is 14.8. The second-order valence-corrected chi connectivity index (χ2v) is 19.2. The number of likely N-dealkylation sites (tertiary alicyclic amines) is 2. The molecule has 7 rings (SSSR count). The molecule has 0 spiro atoms. The molecule has 59 heavy (non-hydrogen) atoms. The van der Waals surface area contributed by atoms with Gasteiger partial charge in [-0.25, -0.2) is 22.2 Å². The molecule has 0 bridgehead atoms. The highest BCUT2D eigenvalue weighted by Gasteiger charge is 2.62.